The first-order valence-corrected chi connectivity index (χ1v) is 9.62. The second kappa shape index (κ2) is 6.75. The van der Waals surface area contributed by atoms with E-state index in [-0.39, 0.29) is 5.91 Å². The van der Waals surface area contributed by atoms with Crippen molar-refractivity contribution in [2.45, 2.75) is 0 Å². The Bertz CT molecular complexity index is 1100. The van der Waals surface area contributed by atoms with Crippen LogP contribution >= 0.6 is 34.3 Å². The van der Waals surface area contributed by atoms with Gasteiger partial charge < -0.3 is 9.47 Å². The number of thiophene rings is 1. The minimum Gasteiger partial charge on any atom is -0.493 e. The van der Waals surface area contributed by atoms with Gasteiger partial charge in [-0.25, -0.2) is 4.98 Å². The molecule has 0 saturated carbocycles. The fourth-order valence-electron chi connectivity index (χ4n) is 2.62. The molecule has 4 rings (SSSR count). The lowest BCUT2D eigenvalue weighted by Gasteiger charge is -2.05. The van der Waals surface area contributed by atoms with E-state index in [1.165, 1.54) is 22.7 Å². The maximum Gasteiger partial charge on any atom is 0.269 e. The van der Waals surface area contributed by atoms with Crippen molar-refractivity contribution in [3.8, 4) is 11.5 Å². The summed E-state index contributed by atoms with van der Waals surface area (Å²) in [7, 11) is 3.15. The monoisotopic (exact) mass is 404 g/mol. The van der Waals surface area contributed by atoms with Crippen LogP contribution in [0.5, 0.6) is 11.5 Å². The lowest BCUT2D eigenvalue weighted by molar-refractivity contribution is 0.103. The van der Waals surface area contributed by atoms with E-state index in [9.17, 15) is 4.79 Å². The predicted molar refractivity (Wildman–Crippen MR) is 108 cm³/mol. The molecule has 0 radical (unpaired) electrons. The molecule has 132 valence electrons. The summed E-state index contributed by atoms with van der Waals surface area (Å²) in [5, 5.41) is 4.67. The summed E-state index contributed by atoms with van der Waals surface area (Å²) in [5.74, 6) is 0.944. The Morgan fingerprint density at radius 2 is 1.81 bits per heavy atom. The third kappa shape index (κ3) is 2.88. The number of methoxy groups -OCH3 is 2. The highest BCUT2D eigenvalue weighted by Gasteiger charge is 2.19. The molecule has 26 heavy (non-hydrogen) atoms. The number of thiazole rings is 1. The standard InChI is InChI=1S/C18H13ClN2O3S2/c1-23-11-7-10-14(8-12(11)24-2)26-18(20-10)21-17(22)16-15(19)9-5-3-4-6-13(9)25-16/h3-8H,1-2H3,(H,20,21,22). The summed E-state index contributed by atoms with van der Waals surface area (Å²) < 4.78 is 12.5. The van der Waals surface area contributed by atoms with E-state index < -0.39 is 0 Å². The van der Waals surface area contributed by atoms with E-state index in [1.54, 1.807) is 20.3 Å². The summed E-state index contributed by atoms with van der Waals surface area (Å²) in [5.41, 5.74) is 0.727. The zero-order valence-electron chi connectivity index (χ0n) is 13.8. The number of amides is 1. The molecule has 0 bridgehead atoms. The summed E-state index contributed by atoms with van der Waals surface area (Å²) in [4.78, 5) is 17.6. The van der Waals surface area contributed by atoms with E-state index in [0.717, 1.165) is 20.3 Å². The Hall–Kier alpha value is -2.35. The van der Waals surface area contributed by atoms with Crippen LogP contribution in [0.1, 0.15) is 9.67 Å². The smallest absolute Gasteiger partial charge is 0.269 e. The molecule has 2 aromatic heterocycles. The van der Waals surface area contributed by atoms with Crippen molar-refractivity contribution in [1.29, 1.82) is 0 Å². The molecule has 5 nitrogen and oxygen atoms in total. The zero-order chi connectivity index (χ0) is 18.3. The van der Waals surface area contributed by atoms with Gasteiger partial charge in [-0.3, -0.25) is 10.1 Å². The molecule has 4 aromatic rings. The van der Waals surface area contributed by atoms with Gasteiger partial charge in [-0.1, -0.05) is 41.1 Å². The Kier molecular flexibility index (Phi) is 4.44. The summed E-state index contributed by atoms with van der Waals surface area (Å²) in [6, 6.07) is 11.3. The van der Waals surface area contributed by atoms with Gasteiger partial charge in [0, 0.05) is 22.2 Å². The first kappa shape index (κ1) is 17.1. The molecular weight excluding hydrogens is 392 g/mol. The number of benzene rings is 2. The fraction of sp³-hybridized carbons (Fsp3) is 0.111. The Balaban J connectivity index is 1.67. The van der Waals surface area contributed by atoms with Crippen molar-refractivity contribution in [3.63, 3.8) is 0 Å². The number of hydrogen-bond donors (Lipinski definition) is 1. The minimum atomic E-state index is -0.269. The predicted octanol–water partition coefficient (Wildman–Crippen LogP) is 5.43. The van der Waals surface area contributed by atoms with Gasteiger partial charge in [-0.15, -0.1) is 11.3 Å². The second-order valence-corrected chi connectivity index (χ2v) is 7.85. The van der Waals surface area contributed by atoms with Gasteiger partial charge >= 0.3 is 0 Å². The number of carbonyl (C=O) groups is 1. The first-order valence-electron chi connectivity index (χ1n) is 7.61. The highest BCUT2D eigenvalue weighted by molar-refractivity contribution is 7.23. The number of carbonyl (C=O) groups excluding carboxylic acids is 1. The van der Waals surface area contributed by atoms with Gasteiger partial charge in [0.25, 0.3) is 5.91 Å². The van der Waals surface area contributed by atoms with E-state index in [1.807, 2.05) is 30.3 Å². The zero-order valence-corrected chi connectivity index (χ0v) is 16.2. The number of fused-ring (bicyclic) bond motifs is 2. The molecule has 8 heteroatoms. The fourth-order valence-corrected chi connectivity index (χ4v) is 4.91. The molecule has 0 aliphatic carbocycles. The highest BCUT2D eigenvalue weighted by Crippen LogP contribution is 2.38. The van der Waals surface area contributed by atoms with Crippen LogP contribution in [0.2, 0.25) is 5.02 Å². The first-order chi connectivity index (χ1) is 12.6. The van der Waals surface area contributed by atoms with E-state index in [0.29, 0.717) is 26.5 Å². The van der Waals surface area contributed by atoms with E-state index >= 15 is 0 Å². The molecule has 0 aliphatic rings. The van der Waals surface area contributed by atoms with Gasteiger partial charge in [-0.05, 0) is 6.07 Å². The maximum absolute atomic E-state index is 12.7. The molecule has 2 heterocycles. The molecule has 0 aliphatic heterocycles. The van der Waals surface area contributed by atoms with Crippen LogP contribution < -0.4 is 14.8 Å². The maximum atomic E-state index is 12.7. The third-order valence-electron chi connectivity index (χ3n) is 3.86. The quantitative estimate of drug-likeness (QED) is 0.492. The summed E-state index contributed by atoms with van der Waals surface area (Å²) in [6.45, 7) is 0. The second-order valence-electron chi connectivity index (χ2n) is 5.39. The number of ether oxygens (including phenoxy) is 2. The third-order valence-corrected chi connectivity index (χ3v) is 6.46. The Morgan fingerprint density at radius 3 is 2.54 bits per heavy atom. The van der Waals surface area contributed by atoms with Gasteiger partial charge in [-0.2, -0.15) is 0 Å². The lowest BCUT2D eigenvalue weighted by atomic mass is 10.2. The number of anilines is 1. The Labute approximate surface area is 162 Å². The number of hydrogen-bond acceptors (Lipinski definition) is 6. The number of rotatable bonds is 4. The molecule has 0 atom stereocenters. The largest absolute Gasteiger partial charge is 0.493 e. The average Bonchev–Trinajstić information content (AvgIpc) is 3.20. The molecule has 1 amide bonds. The van der Waals surface area contributed by atoms with Gasteiger partial charge in [0.1, 0.15) is 4.88 Å². The van der Waals surface area contributed by atoms with Gasteiger partial charge in [0.05, 0.1) is 29.5 Å². The summed E-state index contributed by atoms with van der Waals surface area (Å²) >= 11 is 9.10. The molecule has 1 N–H and O–H groups in total. The van der Waals surface area contributed by atoms with Crippen LogP contribution in [-0.2, 0) is 0 Å². The minimum absolute atomic E-state index is 0.269. The van der Waals surface area contributed by atoms with E-state index in [4.69, 9.17) is 21.1 Å². The molecule has 0 saturated heterocycles. The van der Waals surface area contributed by atoms with Crippen molar-refractivity contribution in [1.82, 2.24) is 4.98 Å². The van der Waals surface area contributed by atoms with Crippen LogP contribution in [0.4, 0.5) is 5.13 Å². The number of nitrogens with one attached hydrogen (secondary N) is 1. The molecule has 0 fully saturated rings. The molecular formula is C18H13ClN2O3S2. The van der Waals surface area contributed by atoms with Crippen LogP contribution in [-0.4, -0.2) is 25.1 Å². The number of aromatic nitrogens is 1. The van der Waals surface area contributed by atoms with Crippen LogP contribution in [0.15, 0.2) is 36.4 Å². The highest BCUT2D eigenvalue weighted by atomic mass is 35.5. The molecule has 0 spiro atoms. The van der Waals surface area contributed by atoms with Crippen LogP contribution in [0, 0.1) is 0 Å². The van der Waals surface area contributed by atoms with Crippen molar-refractivity contribution in [2.75, 3.05) is 19.5 Å². The SMILES string of the molecule is COc1cc2nc(NC(=O)c3sc4ccccc4c3Cl)sc2cc1OC. The van der Waals surface area contributed by atoms with Crippen molar-refractivity contribution >= 4 is 65.6 Å². The van der Waals surface area contributed by atoms with Crippen molar-refractivity contribution in [3.05, 3.63) is 46.3 Å². The van der Waals surface area contributed by atoms with E-state index in [2.05, 4.69) is 10.3 Å². The van der Waals surface area contributed by atoms with Crippen LogP contribution in [0.3, 0.4) is 0 Å². The van der Waals surface area contributed by atoms with Gasteiger partial charge in [0.2, 0.25) is 0 Å². The molecule has 2 aromatic carbocycles. The van der Waals surface area contributed by atoms with Crippen LogP contribution in [0.25, 0.3) is 20.3 Å². The normalized spacial score (nSPS) is 11.0. The average molecular weight is 405 g/mol. The lowest BCUT2D eigenvalue weighted by Crippen LogP contribution is -2.10. The number of halogens is 1. The van der Waals surface area contributed by atoms with Crippen molar-refractivity contribution in [2.24, 2.45) is 0 Å². The Morgan fingerprint density at radius 1 is 1.08 bits per heavy atom. The molecule has 0 unspecified atom stereocenters. The number of nitrogens with zero attached hydrogens (tertiary/aromatic N) is 1. The topological polar surface area (TPSA) is 60.5 Å². The summed E-state index contributed by atoms with van der Waals surface area (Å²) in [6.07, 6.45) is 0. The van der Waals surface area contributed by atoms with Gasteiger partial charge in [0.15, 0.2) is 16.6 Å². The van der Waals surface area contributed by atoms with Crippen molar-refractivity contribution < 1.29 is 14.3 Å².